The molecule has 0 spiro atoms. The van der Waals surface area contributed by atoms with Crippen molar-refractivity contribution in [2.45, 2.75) is 45.7 Å². The van der Waals surface area contributed by atoms with Crippen LogP contribution < -0.4 is 0 Å². The van der Waals surface area contributed by atoms with Gasteiger partial charge < -0.3 is 4.74 Å². The molecule has 0 aliphatic rings. The average molecular weight is 249 g/mol. The van der Waals surface area contributed by atoms with Crippen LogP contribution in [0.15, 0.2) is 12.2 Å². The van der Waals surface area contributed by atoms with E-state index in [-0.39, 0.29) is 5.57 Å². The first kappa shape index (κ1) is 15.2. The smallest absolute Gasteiger partial charge is 0.433 e. The van der Waals surface area contributed by atoms with Crippen molar-refractivity contribution in [3.05, 3.63) is 12.2 Å². The van der Waals surface area contributed by atoms with E-state index in [2.05, 4.69) is 6.58 Å². The van der Waals surface area contributed by atoms with Crippen molar-refractivity contribution in [1.29, 1.82) is 0 Å². The van der Waals surface area contributed by atoms with E-state index in [1.54, 1.807) is 6.92 Å². The van der Waals surface area contributed by atoms with Gasteiger partial charge in [0.05, 0.1) is 0 Å². The lowest BCUT2D eigenvalue weighted by Crippen LogP contribution is -2.31. The standard InChI is InChI=1S/C10H17O5P/c1-6-10(5,16(12)13)15-8(4)14-9(11)7(2)3/h8H,2,6H2,1,3-5H3/p+1/t8?,10-/m0/s1. The summed E-state index contributed by atoms with van der Waals surface area (Å²) >= 11 is 0. The highest BCUT2D eigenvalue weighted by Gasteiger charge is 2.46. The SMILES string of the molecule is C=C(C)C(=O)OC(C)O[C@](C)(CC)[P+](=O)O. The number of carbonyl (C=O) groups is 1. The normalized spacial score (nSPS) is 17.2. The number of hydrogen-bond donors (Lipinski definition) is 1. The van der Waals surface area contributed by atoms with Gasteiger partial charge in [0.2, 0.25) is 6.29 Å². The molecule has 92 valence electrons. The molecule has 0 aliphatic carbocycles. The highest BCUT2D eigenvalue weighted by Crippen LogP contribution is 2.39. The summed E-state index contributed by atoms with van der Waals surface area (Å²) in [6.45, 7) is 9.65. The second-order valence-electron chi connectivity index (χ2n) is 3.67. The van der Waals surface area contributed by atoms with Crippen LogP contribution in [-0.4, -0.2) is 22.5 Å². The predicted octanol–water partition coefficient (Wildman–Crippen LogP) is 2.33. The zero-order valence-electron chi connectivity index (χ0n) is 10.0. The molecule has 1 N–H and O–H groups in total. The van der Waals surface area contributed by atoms with E-state index >= 15 is 0 Å². The molecule has 2 unspecified atom stereocenters. The van der Waals surface area contributed by atoms with E-state index in [4.69, 9.17) is 14.4 Å². The molecule has 0 aromatic heterocycles. The maximum Gasteiger partial charge on any atom is 0.540 e. The van der Waals surface area contributed by atoms with Crippen LogP contribution in [0.3, 0.4) is 0 Å². The Balaban J connectivity index is 4.43. The monoisotopic (exact) mass is 249 g/mol. The zero-order valence-corrected chi connectivity index (χ0v) is 10.9. The van der Waals surface area contributed by atoms with Crippen LogP contribution in [0.25, 0.3) is 0 Å². The Morgan fingerprint density at radius 3 is 2.44 bits per heavy atom. The van der Waals surface area contributed by atoms with Crippen LogP contribution in [0, 0.1) is 0 Å². The molecule has 0 aliphatic heterocycles. The Morgan fingerprint density at radius 1 is 1.62 bits per heavy atom. The van der Waals surface area contributed by atoms with Gasteiger partial charge in [-0.05, 0) is 18.4 Å². The summed E-state index contributed by atoms with van der Waals surface area (Å²) in [5.41, 5.74) is 0.252. The summed E-state index contributed by atoms with van der Waals surface area (Å²) in [6, 6.07) is 0. The molecule has 16 heavy (non-hydrogen) atoms. The molecule has 0 radical (unpaired) electrons. The number of carbonyl (C=O) groups excluding carboxylic acids is 1. The van der Waals surface area contributed by atoms with Crippen LogP contribution in [0.4, 0.5) is 0 Å². The van der Waals surface area contributed by atoms with E-state index in [9.17, 15) is 9.36 Å². The molecule has 0 heterocycles. The Kier molecular flexibility index (Phi) is 5.79. The van der Waals surface area contributed by atoms with Gasteiger partial charge in [0.15, 0.2) is 0 Å². The van der Waals surface area contributed by atoms with Gasteiger partial charge in [0.1, 0.15) is 0 Å². The summed E-state index contributed by atoms with van der Waals surface area (Å²) < 4.78 is 21.2. The average Bonchev–Trinajstić information content (AvgIpc) is 2.16. The van der Waals surface area contributed by atoms with Crippen molar-refractivity contribution in [3.8, 4) is 0 Å². The van der Waals surface area contributed by atoms with E-state index in [1.807, 2.05) is 0 Å². The van der Waals surface area contributed by atoms with Gasteiger partial charge in [0.25, 0.3) is 5.34 Å². The molecule has 0 saturated carbocycles. The van der Waals surface area contributed by atoms with Crippen molar-refractivity contribution < 1.29 is 23.7 Å². The summed E-state index contributed by atoms with van der Waals surface area (Å²) in [5.74, 6) is -0.584. The molecule has 0 rings (SSSR count). The highest BCUT2D eigenvalue weighted by molar-refractivity contribution is 7.39. The van der Waals surface area contributed by atoms with Crippen LogP contribution in [0.1, 0.15) is 34.1 Å². The second kappa shape index (κ2) is 6.09. The Labute approximate surface area is 96.3 Å². The minimum atomic E-state index is -2.50. The van der Waals surface area contributed by atoms with E-state index in [0.29, 0.717) is 6.42 Å². The van der Waals surface area contributed by atoms with Gasteiger partial charge in [0, 0.05) is 18.9 Å². The van der Waals surface area contributed by atoms with Crippen molar-refractivity contribution in [2.75, 3.05) is 0 Å². The van der Waals surface area contributed by atoms with Crippen LogP contribution in [0.2, 0.25) is 0 Å². The quantitative estimate of drug-likeness (QED) is 0.338. The van der Waals surface area contributed by atoms with Crippen molar-refractivity contribution in [2.24, 2.45) is 0 Å². The maximum atomic E-state index is 11.2. The van der Waals surface area contributed by atoms with Gasteiger partial charge in [-0.25, -0.2) is 4.79 Å². The summed E-state index contributed by atoms with van der Waals surface area (Å²) in [5, 5.41) is -1.20. The minimum Gasteiger partial charge on any atom is -0.433 e. The molecule has 0 amide bonds. The van der Waals surface area contributed by atoms with E-state index < -0.39 is 25.6 Å². The maximum absolute atomic E-state index is 11.2. The Bertz CT molecular complexity index is 302. The first-order chi connectivity index (χ1) is 7.23. The Morgan fingerprint density at radius 2 is 2.12 bits per heavy atom. The van der Waals surface area contributed by atoms with Gasteiger partial charge in [-0.15, -0.1) is 0 Å². The first-order valence-electron chi connectivity index (χ1n) is 4.93. The van der Waals surface area contributed by atoms with Gasteiger partial charge >= 0.3 is 14.0 Å². The van der Waals surface area contributed by atoms with Crippen LogP contribution in [-0.2, 0) is 18.8 Å². The van der Waals surface area contributed by atoms with Gasteiger partial charge in [-0.1, -0.05) is 13.5 Å². The molecule has 0 saturated heterocycles. The van der Waals surface area contributed by atoms with E-state index in [1.165, 1.54) is 20.8 Å². The first-order valence-corrected chi connectivity index (χ1v) is 6.14. The summed E-state index contributed by atoms with van der Waals surface area (Å²) in [6.07, 6.45) is -0.548. The molecule has 0 aromatic carbocycles. The van der Waals surface area contributed by atoms with E-state index in [0.717, 1.165) is 0 Å². The minimum absolute atomic E-state index is 0.252. The molecule has 0 aromatic rings. The molecule has 0 fully saturated rings. The highest BCUT2D eigenvalue weighted by atomic mass is 31.1. The lowest BCUT2D eigenvalue weighted by atomic mass is 10.3. The van der Waals surface area contributed by atoms with Gasteiger partial charge in [-0.3, -0.25) is 4.74 Å². The van der Waals surface area contributed by atoms with Crippen molar-refractivity contribution in [3.63, 3.8) is 0 Å². The molecule has 5 nitrogen and oxygen atoms in total. The summed E-state index contributed by atoms with van der Waals surface area (Å²) in [7, 11) is -2.50. The molecule has 6 heteroatoms. The fraction of sp³-hybridized carbons (Fsp3) is 0.700. The van der Waals surface area contributed by atoms with Crippen molar-refractivity contribution in [1.82, 2.24) is 0 Å². The third-order valence-electron chi connectivity index (χ3n) is 2.10. The molecule has 3 atom stereocenters. The largest absolute Gasteiger partial charge is 0.540 e. The molecular weight excluding hydrogens is 231 g/mol. The molecular formula is C10H18O5P+. The fourth-order valence-electron chi connectivity index (χ4n) is 0.897. The predicted molar refractivity (Wildman–Crippen MR) is 60.0 cm³/mol. The summed E-state index contributed by atoms with van der Waals surface area (Å²) in [4.78, 5) is 20.2. The third-order valence-corrected chi connectivity index (χ3v) is 3.33. The van der Waals surface area contributed by atoms with Crippen LogP contribution in [0.5, 0.6) is 0 Å². The third kappa shape index (κ3) is 4.39. The number of hydrogen-bond acceptors (Lipinski definition) is 4. The topological polar surface area (TPSA) is 72.8 Å². The van der Waals surface area contributed by atoms with Crippen LogP contribution >= 0.6 is 8.03 Å². The second-order valence-corrected chi connectivity index (χ2v) is 5.16. The number of esters is 1. The van der Waals surface area contributed by atoms with Crippen molar-refractivity contribution >= 4 is 14.0 Å². The molecule has 0 bridgehead atoms. The Hall–Kier alpha value is -0.770. The lowest BCUT2D eigenvalue weighted by Gasteiger charge is -2.21. The fourth-order valence-corrected chi connectivity index (χ4v) is 1.41. The number of ether oxygens (including phenoxy) is 2. The number of rotatable bonds is 6. The zero-order chi connectivity index (χ0) is 12.9. The lowest BCUT2D eigenvalue weighted by molar-refractivity contribution is -0.186. The van der Waals surface area contributed by atoms with Gasteiger partial charge in [-0.2, -0.15) is 4.89 Å².